The number of rotatable bonds is 1. The molecule has 0 atom stereocenters. The van der Waals surface area contributed by atoms with Crippen molar-refractivity contribution >= 4 is 0 Å². The van der Waals surface area contributed by atoms with E-state index in [-0.39, 0.29) is 39.3 Å². The largest absolute Gasteiger partial charge is 0.456 e. The predicted molar refractivity (Wildman–Crippen MR) is 194 cm³/mol. The fourth-order valence-electron chi connectivity index (χ4n) is 7.15. The van der Waals surface area contributed by atoms with Gasteiger partial charge in [-0.05, 0) is 104 Å². The minimum absolute atomic E-state index is 0.0151. The summed E-state index contributed by atoms with van der Waals surface area (Å²) in [6.07, 6.45) is 0. The summed E-state index contributed by atoms with van der Waals surface area (Å²) < 4.78 is 111. The first-order valence-electron chi connectivity index (χ1n) is 21.4. The summed E-state index contributed by atoms with van der Waals surface area (Å²) in [4.78, 5) is 0. The summed E-state index contributed by atoms with van der Waals surface area (Å²) in [5.41, 5.74) is 4.36. The van der Waals surface area contributed by atoms with Crippen LogP contribution in [0.25, 0.3) is 55.6 Å². The fraction of sp³-hybridized carbons (Fsp3) is 0.200. The number of fused-ring (bicyclic) bond motifs is 10. The number of hydrogen-bond acceptors (Lipinski definition) is 1. The van der Waals surface area contributed by atoms with Gasteiger partial charge in [0, 0.05) is 38.6 Å². The van der Waals surface area contributed by atoms with Gasteiger partial charge in [-0.15, -0.1) is 0 Å². The number of aryl methyl sites for hydroxylation is 2. The highest BCUT2D eigenvalue weighted by Gasteiger charge is 2.37. The summed E-state index contributed by atoms with van der Waals surface area (Å²) in [5, 5.41) is 0. The fourth-order valence-corrected chi connectivity index (χ4v) is 7.15. The van der Waals surface area contributed by atoms with Gasteiger partial charge >= 0.3 is 0 Å². The SMILES string of the molecule is [2H]C([2H])([2H])c1ccc2c(c1)Oc1c(ccc(C([2H])([2H])[2H])c1-c1cc3c(cc1C(C)(C)C)-c1ccccc1-c1ccccc1-c1ccccc1-3)C2(C([2H])([2H])[2H])C([2H])([2H])[2H]. The maximum atomic E-state index is 8.94. The lowest BCUT2D eigenvalue weighted by Crippen LogP contribution is -2.25. The molecular weight excluding hydrogens is 556 g/mol. The molecule has 226 valence electrons. The lowest BCUT2D eigenvalue weighted by Gasteiger charge is -2.37. The second kappa shape index (κ2) is 10.1. The van der Waals surface area contributed by atoms with Crippen LogP contribution in [0.5, 0.6) is 11.5 Å². The average Bonchev–Trinajstić information content (AvgIpc) is 3.13. The molecule has 1 heteroatoms. The van der Waals surface area contributed by atoms with E-state index >= 15 is 0 Å². The van der Waals surface area contributed by atoms with Gasteiger partial charge in [-0.25, -0.2) is 0 Å². The van der Waals surface area contributed by atoms with E-state index in [2.05, 4.69) is 30.3 Å². The standard InChI is InChI=1S/C45H40O/c1-27-20-22-38-41(24-27)46-43-39(45(38,6)7)23-21-28(2)42(43)37-25-35-33-18-12-10-16-31(33)29-14-8-9-15-30(29)32-17-11-13-19-34(32)36(35)26-40(37)44(3,4)5/h8-26H,1-7H3/i1D3,2D3,6D3,7D3. The smallest absolute Gasteiger partial charge is 0.139 e. The van der Waals surface area contributed by atoms with Crippen molar-refractivity contribution in [2.75, 3.05) is 0 Å². The van der Waals surface area contributed by atoms with Crippen LogP contribution in [0, 0.1) is 13.7 Å². The third-order valence-corrected chi connectivity index (χ3v) is 9.34. The number of ether oxygens (including phenoxy) is 1. The molecule has 0 amide bonds. The quantitative estimate of drug-likeness (QED) is 0.180. The summed E-state index contributed by atoms with van der Waals surface area (Å²) in [6, 6.07) is 34.3. The van der Waals surface area contributed by atoms with Gasteiger partial charge in [0.05, 0.1) is 0 Å². The molecule has 1 aliphatic carbocycles. The van der Waals surface area contributed by atoms with Gasteiger partial charge in [-0.3, -0.25) is 0 Å². The van der Waals surface area contributed by atoms with Crippen LogP contribution in [-0.4, -0.2) is 0 Å². The van der Waals surface area contributed by atoms with Crippen LogP contribution in [0.2, 0.25) is 0 Å². The van der Waals surface area contributed by atoms with Crippen LogP contribution in [0.15, 0.2) is 115 Å². The summed E-state index contributed by atoms with van der Waals surface area (Å²) in [6.45, 7) is -5.96. The zero-order chi connectivity index (χ0) is 42.0. The number of benzene rings is 6. The molecule has 1 aliphatic heterocycles. The van der Waals surface area contributed by atoms with E-state index in [4.69, 9.17) is 21.2 Å². The Hall–Kier alpha value is -4.88. The van der Waals surface area contributed by atoms with Crippen molar-refractivity contribution in [3.8, 4) is 67.1 Å². The molecule has 8 rings (SSSR count). The average molecular weight is 609 g/mol. The van der Waals surface area contributed by atoms with E-state index in [9.17, 15) is 0 Å². The van der Waals surface area contributed by atoms with E-state index < -0.39 is 38.2 Å². The Balaban J connectivity index is 1.57. The monoisotopic (exact) mass is 608 g/mol. The molecule has 1 heterocycles. The molecule has 0 fully saturated rings. The van der Waals surface area contributed by atoms with E-state index in [1.807, 2.05) is 75.4 Å². The molecule has 0 radical (unpaired) electrons. The maximum absolute atomic E-state index is 8.94. The molecule has 1 nitrogen and oxygen atoms in total. The first kappa shape index (κ1) is 18.3. The van der Waals surface area contributed by atoms with Crippen molar-refractivity contribution in [2.24, 2.45) is 0 Å². The van der Waals surface area contributed by atoms with Gasteiger partial charge < -0.3 is 4.74 Å². The Labute approximate surface area is 290 Å². The Kier molecular flexibility index (Phi) is 4.01. The lowest BCUT2D eigenvalue weighted by molar-refractivity contribution is 0.419. The highest BCUT2D eigenvalue weighted by molar-refractivity contribution is 6.04. The lowest BCUT2D eigenvalue weighted by atomic mass is 9.72. The zero-order valence-electron chi connectivity index (χ0n) is 37.9. The molecule has 0 saturated carbocycles. The molecule has 0 saturated heterocycles. The molecular formula is C45H40O. The highest BCUT2D eigenvalue weighted by atomic mass is 16.5. The third-order valence-electron chi connectivity index (χ3n) is 9.34. The Bertz CT molecular complexity index is 2620. The zero-order valence-corrected chi connectivity index (χ0v) is 25.9. The second-order valence-corrected chi connectivity index (χ2v) is 13.3. The molecule has 0 spiro atoms. The van der Waals surface area contributed by atoms with Crippen LogP contribution in [0.1, 0.15) is 78.7 Å². The van der Waals surface area contributed by atoms with Gasteiger partial charge in [0.25, 0.3) is 0 Å². The van der Waals surface area contributed by atoms with Crippen LogP contribution in [0.4, 0.5) is 0 Å². The van der Waals surface area contributed by atoms with Crippen LogP contribution < -0.4 is 4.74 Å². The molecule has 0 unspecified atom stereocenters. The second-order valence-electron chi connectivity index (χ2n) is 13.3. The van der Waals surface area contributed by atoms with Crippen molar-refractivity contribution in [3.63, 3.8) is 0 Å². The van der Waals surface area contributed by atoms with Gasteiger partial charge in [-0.2, -0.15) is 0 Å². The maximum Gasteiger partial charge on any atom is 0.139 e. The Morgan fingerprint density at radius 3 is 1.61 bits per heavy atom. The van der Waals surface area contributed by atoms with E-state index in [1.165, 1.54) is 24.3 Å². The van der Waals surface area contributed by atoms with Crippen molar-refractivity contribution in [3.05, 3.63) is 143 Å². The normalized spacial score (nSPS) is 18.8. The van der Waals surface area contributed by atoms with Gasteiger partial charge in [0.2, 0.25) is 0 Å². The Morgan fingerprint density at radius 1 is 0.543 bits per heavy atom. The third kappa shape index (κ3) is 4.22. The molecule has 0 aromatic heterocycles. The highest BCUT2D eigenvalue weighted by Crippen LogP contribution is 2.55. The van der Waals surface area contributed by atoms with E-state index in [0.717, 1.165) is 50.6 Å². The van der Waals surface area contributed by atoms with Gasteiger partial charge in [-0.1, -0.05) is 132 Å². The van der Waals surface area contributed by atoms with Crippen molar-refractivity contribution in [1.29, 1.82) is 0 Å². The van der Waals surface area contributed by atoms with Crippen LogP contribution in [0.3, 0.4) is 0 Å². The first-order chi connectivity index (χ1) is 27.0. The van der Waals surface area contributed by atoms with Crippen molar-refractivity contribution in [2.45, 2.75) is 59.0 Å². The van der Waals surface area contributed by atoms with Crippen molar-refractivity contribution < 1.29 is 21.2 Å². The minimum atomic E-state index is -3.25. The predicted octanol–water partition coefficient (Wildman–Crippen LogP) is 12.7. The van der Waals surface area contributed by atoms with Gasteiger partial charge in [0.1, 0.15) is 11.5 Å². The van der Waals surface area contributed by atoms with E-state index in [1.54, 1.807) is 0 Å². The molecule has 2 aliphatic rings. The molecule has 6 aromatic carbocycles. The molecule has 46 heavy (non-hydrogen) atoms. The van der Waals surface area contributed by atoms with Gasteiger partial charge in [0.15, 0.2) is 0 Å². The molecule has 0 bridgehead atoms. The molecule has 0 N–H and O–H groups in total. The van der Waals surface area contributed by atoms with Crippen LogP contribution in [-0.2, 0) is 10.8 Å². The van der Waals surface area contributed by atoms with E-state index in [0.29, 0.717) is 11.1 Å². The number of hydrogen-bond donors (Lipinski definition) is 0. The topological polar surface area (TPSA) is 9.23 Å². The summed E-state index contributed by atoms with van der Waals surface area (Å²) in [5.74, 6) is -0.539. The van der Waals surface area contributed by atoms with Crippen molar-refractivity contribution in [1.82, 2.24) is 0 Å². The Morgan fingerprint density at radius 2 is 1.09 bits per heavy atom. The molecule has 6 aromatic rings. The van der Waals surface area contributed by atoms with Crippen LogP contribution >= 0.6 is 0 Å². The first-order valence-corrected chi connectivity index (χ1v) is 15.4. The summed E-state index contributed by atoms with van der Waals surface area (Å²) in [7, 11) is 0. The summed E-state index contributed by atoms with van der Waals surface area (Å²) >= 11 is 0. The minimum Gasteiger partial charge on any atom is -0.456 e.